The summed E-state index contributed by atoms with van der Waals surface area (Å²) in [7, 11) is 0. The Morgan fingerprint density at radius 2 is 2.07 bits per heavy atom. The van der Waals surface area contributed by atoms with Gasteiger partial charge in [-0.25, -0.2) is 0 Å². The molecule has 1 aliphatic rings. The van der Waals surface area contributed by atoms with Gasteiger partial charge in [0.2, 0.25) is 5.95 Å². The van der Waals surface area contributed by atoms with E-state index in [1.165, 1.54) is 44.9 Å². The lowest BCUT2D eigenvalue weighted by molar-refractivity contribution is 0.332. The van der Waals surface area contributed by atoms with Gasteiger partial charge in [-0.05, 0) is 12.3 Å². The van der Waals surface area contributed by atoms with Gasteiger partial charge in [0, 0.05) is 6.42 Å². The lowest BCUT2D eigenvalue weighted by Crippen LogP contribution is -2.06. The van der Waals surface area contributed by atoms with E-state index in [4.69, 9.17) is 5.73 Å². The Kier molecular flexibility index (Phi) is 3.59. The minimum Gasteiger partial charge on any atom is -0.367 e. The normalized spacial score (nSPS) is 18.1. The average Bonchev–Trinajstić information content (AvgIpc) is 2.66. The predicted octanol–water partition coefficient (Wildman–Crippen LogP) is 2.29. The molecular formula is C11H20N4. The Hall–Kier alpha value is -1.06. The fourth-order valence-electron chi connectivity index (χ4n) is 2.46. The standard InChI is InChI=1S/C11H20N4/c12-11-13-10(14-15-11)8-4-7-9-5-2-1-3-6-9/h9H,1-8H2,(H3,12,13,14,15). The molecule has 4 heteroatoms. The van der Waals surface area contributed by atoms with Crippen molar-refractivity contribution in [2.75, 3.05) is 5.73 Å². The molecule has 1 heterocycles. The van der Waals surface area contributed by atoms with Crippen molar-refractivity contribution in [1.29, 1.82) is 0 Å². The van der Waals surface area contributed by atoms with E-state index in [9.17, 15) is 0 Å². The van der Waals surface area contributed by atoms with Crippen LogP contribution in [0.1, 0.15) is 50.8 Å². The van der Waals surface area contributed by atoms with E-state index in [-0.39, 0.29) is 0 Å². The van der Waals surface area contributed by atoms with Crippen LogP contribution < -0.4 is 5.73 Å². The zero-order chi connectivity index (χ0) is 10.5. The SMILES string of the molecule is Nc1n[nH]c(CCCC2CCCCC2)n1. The van der Waals surface area contributed by atoms with Crippen molar-refractivity contribution in [1.82, 2.24) is 15.2 Å². The first-order valence-corrected chi connectivity index (χ1v) is 6.01. The monoisotopic (exact) mass is 208 g/mol. The quantitative estimate of drug-likeness (QED) is 0.797. The summed E-state index contributed by atoms with van der Waals surface area (Å²) in [6.07, 6.45) is 10.7. The average molecular weight is 208 g/mol. The second-order valence-corrected chi connectivity index (χ2v) is 4.54. The Bertz CT molecular complexity index is 289. The maximum Gasteiger partial charge on any atom is 0.239 e. The molecule has 0 unspecified atom stereocenters. The maximum absolute atomic E-state index is 5.44. The Morgan fingerprint density at radius 3 is 2.73 bits per heavy atom. The van der Waals surface area contributed by atoms with Crippen LogP contribution in [0.2, 0.25) is 0 Å². The number of aryl methyl sites for hydroxylation is 1. The van der Waals surface area contributed by atoms with Gasteiger partial charge in [0.05, 0.1) is 0 Å². The van der Waals surface area contributed by atoms with Crippen LogP contribution in [-0.4, -0.2) is 15.2 Å². The number of hydrogen-bond donors (Lipinski definition) is 2. The molecule has 0 amide bonds. The van der Waals surface area contributed by atoms with E-state index in [2.05, 4.69) is 15.2 Å². The summed E-state index contributed by atoms with van der Waals surface area (Å²) in [4.78, 5) is 4.10. The molecule has 15 heavy (non-hydrogen) atoms. The molecular weight excluding hydrogens is 188 g/mol. The van der Waals surface area contributed by atoms with E-state index >= 15 is 0 Å². The molecule has 0 bridgehead atoms. The van der Waals surface area contributed by atoms with Gasteiger partial charge in [-0.3, -0.25) is 5.10 Å². The molecule has 1 aliphatic carbocycles. The van der Waals surface area contributed by atoms with Crippen LogP contribution in [0, 0.1) is 5.92 Å². The summed E-state index contributed by atoms with van der Waals surface area (Å²) in [5.41, 5.74) is 5.44. The first-order chi connectivity index (χ1) is 7.34. The summed E-state index contributed by atoms with van der Waals surface area (Å²) in [5, 5.41) is 6.68. The summed E-state index contributed by atoms with van der Waals surface area (Å²) < 4.78 is 0. The summed E-state index contributed by atoms with van der Waals surface area (Å²) in [6.45, 7) is 0. The highest BCUT2D eigenvalue weighted by atomic mass is 15.3. The zero-order valence-corrected chi connectivity index (χ0v) is 9.21. The van der Waals surface area contributed by atoms with E-state index in [1.807, 2.05) is 0 Å². The number of aromatic nitrogens is 3. The van der Waals surface area contributed by atoms with E-state index in [1.54, 1.807) is 0 Å². The van der Waals surface area contributed by atoms with Crippen molar-refractivity contribution >= 4 is 5.95 Å². The second kappa shape index (κ2) is 5.14. The van der Waals surface area contributed by atoms with Gasteiger partial charge in [0.25, 0.3) is 0 Å². The molecule has 3 N–H and O–H groups in total. The first-order valence-electron chi connectivity index (χ1n) is 6.01. The number of nitrogens with zero attached hydrogens (tertiary/aromatic N) is 2. The van der Waals surface area contributed by atoms with Crippen molar-refractivity contribution in [3.8, 4) is 0 Å². The molecule has 1 aromatic rings. The smallest absolute Gasteiger partial charge is 0.239 e. The van der Waals surface area contributed by atoms with Gasteiger partial charge in [-0.1, -0.05) is 38.5 Å². The molecule has 1 aromatic heterocycles. The first kappa shape index (κ1) is 10.5. The molecule has 0 atom stereocenters. The lowest BCUT2D eigenvalue weighted by atomic mass is 9.86. The number of anilines is 1. The summed E-state index contributed by atoms with van der Waals surface area (Å²) in [5.74, 6) is 2.25. The molecule has 0 aromatic carbocycles. The number of aromatic amines is 1. The van der Waals surface area contributed by atoms with E-state index in [0.717, 1.165) is 18.2 Å². The lowest BCUT2D eigenvalue weighted by Gasteiger charge is -2.20. The van der Waals surface area contributed by atoms with Gasteiger partial charge in [0.1, 0.15) is 5.82 Å². The zero-order valence-electron chi connectivity index (χ0n) is 9.21. The number of nitrogens with one attached hydrogen (secondary N) is 1. The van der Waals surface area contributed by atoms with Gasteiger partial charge < -0.3 is 5.73 Å². The number of nitrogen functional groups attached to an aromatic ring is 1. The number of hydrogen-bond acceptors (Lipinski definition) is 3. The van der Waals surface area contributed by atoms with Gasteiger partial charge in [-0.2, -0.15) is 4.98 Å². The molecule has 4 nitrogen and oxygen atoms in total. The van der Waals surface area contributed by atoms with Gasteiger partial charge in [-0.15, -0.1) is 5.10 Å². The molecule has 2 rings (SSSR count). The van der Waals surface area contributed by atoms with Crippen LogP contribution in [0.3, 0.4) is 0 Å². The Morgan fingerprint density at radius 1 is 1.27 bits per heavy atom. The number of rotatable bonds is 4. The van der Waals surface area contributed by atoms with Crippen molar-refractivity contribution < 1.29 is 0 Å². The summed E-state index contributed by atoms with van der Waals surface area (Å²) in [6, 6.07) is 0. The van der Waals surface area contributed by atoms with Crippen LogP contribution in [0.25, 0.3) is 0 Å². The molecule has 1 saturated carbocycles. The number of nitrogens with two attached hydrogens (primary N) is 1. The largest absolute Gasteiger partial charge is 0.367 e. The third-order valence-corrected chi connectivity index (χ3v) is 3.30. The van der Waals surface area contributed by atoms with Crippen LogP contribution in [0.4, 0.5) is 5.95 Å². The van der Waals surface area contributed by atoms with E-state index in [0.29, 0.717) is 5.95 Å². The van der Waals surface area contributed by atoms with Crippen molar-refractivity contribution in [3.63, 3.8) is 0 Å². The Labute approximate surface area is 90.7 Å². The highest BCUT2D eigenvalue weighted by Crippen LogP contribution is 2.27. The van der Waals surface area contributed by atoms with E-state index < -0.39 is 0 Å². The highest BCUT2D eigenvalue weighted by molar-refractivity contribution is 5.12. The highest BCUT2D eigenvalue weighted by Gasteiger charge is 2.12. The topological polar surface area (TPSA) is 67.6 Å². The molecule has 0 spiro atoms. The second-order valence-electron chi connectivity index (χ2n) is 4.54. The molecule has 1 fully saturated rings. The summed E-state index contributed by atoms with van der Waals surface area (Å²) >= 11 is 0. The third-order valence-electron chi connectivity index (χ3n) is 3.30. The molecule has 84 valence electrons. The van der Waals surface area contributed by atoms with Gasteiger partial charge in [0.15, 0.2) is 0 Å². The van der Waals surface area contributed by atoms with Crippen molar-refractivity contribution in [3.05, 3.63) is 5.82 Å². The minimum atomic E-state index is 0.364. The fourth-order valence-corrected chi connectivity index (χ4v) is 2.46. The van der Waals surface area contributed by atoms with Crippen LogP contribution in [0.15, 0.2) is 0 Å². The number of H-pyrrole nitrogens is 1. The van der Waals surface area contributed by atoms with Crippen LogP contribution in [-0.2, 0) is 6.42 Å². The molecule has 0 aliphatic heterocycles. The van der Waals surface area contributed by atoms with Crippen LogP contribution in [0.5, 0.6) is 0 Å². The predicted molar refractivity (Wildman–Crippen MR) is 60.3 cm³/mol. The third kappa shape index (κ3) is 3.22. The van der Waals surface area contributed by atoms with Crippen LogP contribution >= 0.6 is 0 Å². The molecule has 0 saturated heterocycles. The maximum atomic E-state index is 5.44. The Balaban J connectivity index is 1.65. The van der Waals surface area contributed by atoms with Crippen molar-refractivity contribution in [2.45, 2.75) is 51.4 Å². The van der Waals surface area contributed by atoms with Crippen molar-refractivity contribution in [2.24, 2.45) is 5.92 Å². The minimum absolute atomic E-state index is 0.364. The molecule has 0 radical (unpaired) electrons. The fraction of sp³-hybridized carbons (Fsp3) is 0.818. The van der Waals surface area contributed by atoms with Gasteiger partial charge >= 0.3 is 0 Å².